The summed E-state index contributed by atoms with van der Waals surface area (Å²) >= 11 is 0. The molecule has 1 atom stereocenters. The van der Waals surface area contributed by atoms with Crippen LogP contribution in [-0.2, 0) is 4.74 Å². The number of hydrogen-bond acceptors (Lipinski definition) is 4. The van der Waals surface area contributed by atoms with Crippen LogP contribution in [-0.4, -0.2) is 75.4 Å². The largest absolute Gasteiger partial charge is 0.377 e. The molecular weight excluding hydrogens is 226 g/mol. The molecule has 0 spiro atoms. The van der Waals surface area contributed by atoms with E-state index in [0.717, 1.165) is 26.1 Å². The van der Waals surface area contributed by atoms with Crippen molar-refractivity contribution in [2.75, 3.05) is 59.5 Å². The molecule has 0 aromatic heterocycles. The first-order valence-corrected chi connectivity index (χ1v) is 7.45. The van der Waals surface area contributed by atoms with Gasteiger partial charge in [0.2, 0.25) is 0 Å². The van der Waals surface area contributed by atoms with E-state index in [1.807, 2.05) is 0 Å². The first-order chi connectivity index (χ1) is 8.72. The predicted molar refractivity (Wildman–Crippen MR) is 77.1 cm³/mol. The Hall–Kier alpha value is -0.160. The highest BCUT2D eigenvalue weighted by Crippen LogP contribution is 1.99. The lowest BCUT2D eigenvalue weighted by atomic mass is 10.3. The molecule has 1 fully saturated rings. The lowest BCUT2D eigenvalue weighted by molar-refractivity contribution is 0.0655. The fourth-order valence-corrected chi connectivity index (χ4v) is 2.07. The molecule has 1 aliphatic heterocycles. The number of ether oxygens (including phenoxy) is 1. The molecule has 0 radical (unpaired) electrons. The van der Waals surface area contributed by atoms with Crippen LogP contribution in [0.2, 0.25) is 0 Å². The van der Waals surface area contributed by atoms with Gasteiger partial charge in [-0.2, -0.15) is 0 Å². The summed E-state index contributed by atoms with van der Waals surface area (Å²) in [6, 6.07) is 0. The molecule has 1 unspecified atom stereocenters. The van der Waals surface area contributed by atoms with Crippen LogP contribution in [0.25, 0.3) is 0 Å². The number of rotatable bonds is 9. The highest BCUT2D eigenvalue weighted by Gasteiger charge is 2.12. The predicted octanol–water partition coefficient (Wildman–Crippen LogP) is 1.03. The van der Waals surface area contributed by atoms with E-state index in [1.165, 1.54) is 39.1 Å². The molecule has 1 N–H and O–H groups in total. The van der Waals surface area contributed by atoms with Gasteiger partial charge in [0, 0.05) is 32.7 Å². The lowest BCUT2D eigenvalue weighted by Gasteiger charge is -2.32. The second kappa shape index (κ2) is 9.73. The molecule has 1 saturated heterocycles. The Labute approximate surface area is 113 Å². The highest BCUT2D eigenvalue weighted by molar-refractivity contribution is 4.69. The van der Waals surface area contributed by atoms with Crippen LogP contribution in [0.5, 0.6) is 0 Å². The summed E-state index contributed by atoms with van der Waals surface area (Å²) in [6.07, 6.45) is 2.74. The van der Waals surface area contributed by atoms with E-state index < -0.39 is 0 Å². The van der Waals surface area contributed by atoms with E-state index in [0.29, 0.717) is 6.10 Å². The molecular formula is C14H31N3O. The summed E-state index contributed by atoms with van der Waals surface area (Å²) in [4.78, 5) is 4.97. The van der Waals surface area contributed by atoms with Crippen molar-refractivity contribution >= 4 is 0 Å². The van der Waals surface area contributed by atoms with Gasteiger partial charge >= 0.3 is 0 Å². The van der Waals surface area contributed by atoms with Gasteiger partial charge in [0.05, 0.1) is 12.7 Å². The van der Waals surface area contributed by atoms with Crippen molar-refractivity contribution in [3.8, 4) is 0 Å². The lowest BCUT2D eigenvalue weighted by Crippen LogP contribution is -2.45. The summed E-state index contributed by atoms with van der Waals surface area (Å²) in [7, 11) is 2.20. The van der Waals surface area contributed by atoms with Gasteiger partial charge in [0.25, 0.3) is 0 Å². The zero-order valence-electron chi connectivity index (χ0n) is 12.5. The van der Waals surface area contributed by atoms with Gasteiger partial charge in [-0.05, 0) is 39.9 Å². The van der Waals surface area contributed by atoms with Crippen molar-refractivity contribution in [3.05, 3.63) is 0 Å². The summed E-state index contributed by atoms with van der Waals surface area (Å²) < 4.78 is 5.62. The van der Waals surface area contributed by atoms with E-state index in [-0.39, 0.29) is 0 Å². The number of nitrogens with one attached hydrogen (secondary N) is 1. The summed E-state index contributed by atoms with van der Waals surface area (Å²) in [5.74, 6) is 0. The Morgan fingerprint density at radius 2 is 1.89 bits per heavy atom. The Bertz CT molecular complexity index is 193. The Balaban J connectivity index is 1.84. The Morgan fingerprint density at radius 3 is 2.56 bits per heavy atom. The highest BCUT2D eigenvalue weighted by atomic mass is 16.5. The third kappa shape index (κ3) is 7.31. The number of piperazine rings is 1. The fraction of sp³-hybridized carbons (Fsp3) is 1.00. The molecule has 1 rings (SSSR count). The molecule has 4 nitrogen and oxygen atoms in total. The standard InChI is InChI=1S/C14H31N3O/c1-4-14(2)18-13-7-15-6-5-8-17-11-9-16(3)10-12-17/h14-15H,4-13H2,1-3H3. The van der Waals surface area contributed by atoms with Crippen LogP contribution in [0.4, 0.5) is 0 Å². The topological polar surface area (TPSA) is 27.7 Å². The quantitative estimate of drug-likeness (QED) is 0.624. The van der Waals surface area contributed by atoms with Crippen LogP contribution in [0, 0.1) is 0 Å². The van der Waals surface area contributed by atoms with Crippen LogP contribution >= 0.6 is 0 Å². The smallest absolute Gasteiger partial charge is 0.0594 e. The molecule has 4 heteroatoms. The molecule has 0 aromatic carbocycles. The fourth-order valence-electron chi connectivity index (χ4n) is 2.07. The van der Waals surface area contributed by atoms with E-state index >= 15 is 0 Å². The van der Waals surface area contributed by atoms with E-state index in [9.17, 15) is 0 Å². The molecule has 0 amide bonds. The third-order valence-corrected chi connectivity index (χ3v) is 3.68. The van der Waals surface area contributed by atoms with Gasteiger partial charge in [-0.1, -0.05) is 6.92 Å². The molecule has 18 heavy (non-hydrogen) atoms. The second-order valence-electron chi connectivity index (χ2n) is 5.34. The van der Waals surface area contributed by atoms with Crippen molar-refractivity contribution in [2.45, 2.75) is 32.8 Å². The normalized spacial score (nSPS) is 20.2. The maximum absolute atomic E-state index is 5.62. The number of hydrogen-bond donors (Lipinski definition) is 1. The monoisotopic (exact) mass is 257 g/mol. The first-order valence-electron chi connectivity index (χ1n) is 7.45. The molecule has 0 aliphatic carbocycles. The molecule has 0 aromatic rings. The van der Waals surface area contributed by atoms with E-state index in [1.54, 1.807) is 0 Å². The third-order valence-electron chi connectivity index (χ3n) is 3.68. The molecule has 1 aliphatic rings. The van der Waals surface area contributed by atoms with Crippen LogP contribution in [0.3, 0.4) is 0 Å². The molecule has 108 valence electrons. The minimum atomic E-state index is 0.400. The number of likely N-dealkylation sites (N-methyl/N-ethyl adjacent to an activating group) is 1. The van der Waals surface area contributed by atoms with Crippen molar-refractivity contribution in [1.29, 1.82) is 0 Å². The van der Waals surface area contributed by atoms with Gasteiger partial charge in [-0.3, -0.25) is 0 Å². The Kier molecular flexibility index (Phi) is 8.59. The first kappa shape index (κ1) is 15.9. The van der Waals surface area contributed by atoms with Crippen molar-refractivity contribution in [3.63, 3.8) is 0 Å². The van der Waals surface area contributed by atoms with Crippen molar-refractivity contribution in [1.82, 2.24) is 15.1 Å². The van der Waals surface area contributed by atoms with E-state index in [4.69, 9.17) is 4.74 Å². The van der Waals surface area contributed by atoms with Gasteiger partial charge in [0.15, 0.2) is 0 Å². The molecule has 1 heterocycles. The van der Waals surface area contributed by atoms with Gasteiger partial charge in [-0.15, -0.1) is 0 Å². The Morgan fingerprint density at radius 1 is 1.17 bits per heavy atom. The van der Waals surface area contributed by atoms with Crippen molar-refractivity contribution in [2.24, 2.45) is 0 Å². The van der Waals surface area contributed by atoms with Crippen molar-refractivity contribution < 1.29 is 4.74 Å². The number of nitrogens with zero attached hydrogens (tertiary/aromatic N) is 2. The zero-order valence-corrected chi connectivity index (χ0v) is 12.5. The molecule has 0 bridgehead atoms. The zero-order chi connectivity index (χ0) is 13.2. The maximum atomic E-state index is 5.62. The minimum absolute atomic E-state index is 0.400. The van der Waals surface area contributed by atoms with Crippen LogP contribution in [0.1, 0.15) is 26.7 Å². The summed E-state index contributed by atoms with van der Waals surface area (Å²) in [6.45, 7) is 13.3. The molecule has 0 saturated carbocycles. The second-order valence-corrected chi connectivity index (χ2v) is 5.34. The summed E-state index contributed by atoms with van der Waals surface area (Å²) in [5, 5.41) is 3.45. The van der Waals surface area contributed by atoms with Crippen LogP contribution < -0.4 is 5.32 Å². The SMILES string of the molecule is CCC(C)OCCNCCCN1CCN(C)CC1. The maximum Gasteiger partial charge on any atom is 0.0594 e. The van der Waals surface area contributed by atoms with E-state index in [2.05, 4.69) is 36.0 Å². The summed E-state index contributed by atoms with van der Waals surface area (Å²) in [5.41, 5.74) is 0. The average Bonchev–Trinajstić information content (AvgIpc) is 2.39. The minimum Gasteiger partial charge on any atom is -0.377 e. The van der Waals surface area contributed by atoms with Gasteiger partial charge in [0.1, 0.15) is 0 Å². The average molecular weight is 257 g/mol. The van der Waals surface area contributed by atoms with Gasteiger partial charge < -0.3 is 19.9 Å². The van der Waals surface area contributed by atoms with Crippen LogP contribution in [0.15, 0.2) is 0 Å². The van der Waals surface area contributed by atoms with Gasteiger partial charge in [-0.25, -0.2) is 0 Å².